The number of nitrogens with one attached hydrogen (secondary N) is 2. The minimum absolute atomic E-state index is 0.0595. The molecule has 4 rings (SSSR count). The molecule has 1 aliphatic rings. The van der Waals surface area contributed by atoms with Gasteiger partial charge in [-0.2, -0.15) is 15.3 Å². The summed E-state index contributed by atoms with van der Waals surface area (Å²) in [5, 5.41) is 21.0. The van der Waals surface area contributed by atoms with Gasteiger partial charge in [0, 0.05) is 29.7 Å². The number of anilines is 1. The summed E-state index contributed by atoms with van der Waals surface area (Å²) in [5.74, 6) is 0.538. The molecule has 160 valence electrons. The van der Waals surface area contributed by atoms with Crippen LogP contribution in [-0.4, -0.2) is 38.7 Å². The third-order valence-electron chi connectivity index (χ3n) is 5.70. The number of rotatable bonds is 5. The summed E-state index contributed by atoms with van der Waals surface area (Å²) in [5.41, 5.74) is 1.74. The van der Waals surface area contributed by atoms with Crippen LogP contribution < -0.4 is 10.6 Å². The fraction of sp³-hybridized carbons (Fsp3) is 0.381. The number of aromatic nitrogens is 4. The smallest absolute Gasteiger partial charge is 0.225 e. The Morgan fingerprint density at radius 1 is 1.45 bits per heavy atom. The normalized spacial score (nSPS) is 20.5. The number of nitrogens with zero attached hydrogens (tertiary/aromatic N) is 5. The van der Waals surface area contributed by atoms with Crippen LogP contribution in [0.15, 0.2) is 29.0 Å². The zero-order valence-corrected chi connectivity index (χ0v) is 19.5. The average molecular weight is 503 g/mol. The van der Waals surface area contributed by atoms with Crippen LogP contribution in [0.3, 0.4) is 0 Å². The number of hydrogen-bond acceptors (Lipinski definition) is 6. The lowest BCUT2D eigenvalue weighted by Gasteiger charge is -2.22. The molecule has 0 spiro atoms. The Bertz CT molecular complexity index is 1200. The van der Waals surface area contributed by atoms with Crippen molar-refractivity contribution >= 4 is 50.4 Å². The van der Waals surface area contributed by atoms with Gasteiger partial charge in [-0.3, -0.25) is 4.79 Å². The van der Waals surface area contributed by atoms with Gasteiger partial charge in [0.2, 0.25) is 11.9 Å². The first-order chi connectivity index (χ1) is 14.8. The maximum absolute atomic E-state index is 12.2. The zero-order valence-electron chi connectivity index (χ0n) is 17.1. The molecule has 1 saturated carbocycles. The Morgan fingerprint density at radius 3 is 3.00 bits per heavy atom. The Balaban J connectivity index is 1.66. The molecule has 31 heavy (non-hydrogen) atoms. The molecule has 1 aliphatic carbocycles. The Hall–Kier alpha value is -2.70. The average Bonchev–Trinajstić information content (AvgIpc) is 3.28. The second-order valence-electron chi connectivity index (χ2n) is 8.01. The van der Waals surface area contributed by atoms with Crippen LogP contribution in [0.25, 0.3) is 16.7 Å². The van der Waals surface area contributed by atoms with Gasteiger partial charge in [0.05, 0.1) is 23.6 Å². The number of halogens is 2. The largest absolute Gasteiger partial charge is 0.359 e. The Labute approximate surface area is 193 Å². The van der Waals surface area contributed by atoms with Gasteiger partial charge in [-0.15, -0.1) is 0 Å². The van der Waals surface area contributed by atoms with E-state index in [-0.39, 0.29) is 23.8 Å². The van der Waals surface area contributed by atoms with Gasteiger partial charge < -0.3 is 10.6 Å². The number of hydrogen-bond donors (Lipinski definition) is 2. The number of nitriles is 1. The molecular weight excluding hydrogens is 482 g/mol. The maximum Gasteiger partial charge on any atom is 0.225 e. The predicted molar refractivity (Wildman–Crippen MR) is 122 cm³/mol. The fourth-order valence-corrected chi connectivity index (χ4v) is 4.81. The molecule has 0 radical (unpaired) electrons. The Kier molecular flexibility index (Phi) is 5.86. The predicted octanol–water partition coefficient (Wildman–Crippen LogP) is 4.01. The summed E-state index contributed by atoms with van der Waals surface area (Å²) in [6, 6.07) is 7.66. The van der Waals surface area contributed by atoms with E-state index in [0.717, 1.165) is 23.8 Å². The highest BCUT2D eigenvalue weighted by atomic mass is 79.9. The van der Waals surface area contributed by atoms with Gasteiger partial charge in [-0.25, -0.2) is 9.67 Å². The van der Waals surface area contributed by atoms with Crippen LogP contribution in [0.2, 0.25) is 5.02 Å². The summed E-state index contributed by atoms with van der Waals surface area (Å²) >= 11 is 9.73. The highest BCUT2D eigenvalue weighted by molar-refractivity contribution is 9.10. The van der Waals surface area contributed by atoms with E-state index in [4.69, 9.17) is 21.8 Å². The van der Waals surface area contributed by atoms with Crippen LogP contribution in [0.5, 0.6) is 0 Å². The van der Waals surface area contributed by atoms with Gasteiger partial charge in [-0.1, -0.05) is 18.5 Å². The van der Waals surface area contributed by atoms with E-state index in [1.54, 1.807) is 30.1 Å². The van der Waals surface area contributed by atoms with E-state index >= 15 is 0 Å². The van der Waals surface area contributed by atoms with Crippen LogP contribution in [0.1, 0.15) is 31.7 Å². The highest BCUT2D eigenvalue weighted by Gasteiger charge is 2.40. The van der Waals surface area contributed by atoms with E-state index in [0.29, 0.717) is 33.3 Å². The zero-order chi connectivity index (χ0) is 22.2. The van der Waals surface area contributed by atoms with Crippen molar-refractivity contribution in [1.29, 1.82) is 5.26 Å². The first-order valence-electron chi connectivity index (χ1n) is 9.90. The van der Waals surface area contributed by atoms with Crippen molar-refractivity contribution in [1.82, 2.24) is 25.1 Å². The van der Waals surface area contributed by atoms with Crippen molar-refractivity contribution in [2.75, 3.05) is 12.4 Å². The second kappa shape index (κ2) is 8.44. The molecule has 10 heteroatoms. The van der Waals surface area contributed by atoms with Gasteiger partial charge in [0.25, 0.3) is 0 Å². The van der Waals surface area contributed by atoms with Crippen molar-refractivity contribution < 1.29 is 4.79 Å². The molecule has 0 unspecified atom stereocenters. The molecule has 2 aromatic heterocycles. The molecule has 0 saturated heterocycles. The lowest BCUT2D eigenvalue weighted by molar-refractivity contribution is -0.129. The van der Waals surface area contributed by atoms with E-state index in [9.17, 15) is 4.79 Å². The molecule has 2 N–H and O–H groups in total. The quantitative estimate of drug-likeness (QED) is 0.546. The number of carbonyl (C=O) groups excluding carboxylic acids is 1. The topological polar surface area (TPSA) is 109 Å². The number of carbonyl (C=O) groups is 1. The second-order valence-corrected chi connectivity index (χ2v) is 9.20. The van der Waals surface area contributed by atoms with Crippen molar-refractivity contribution in [2.24, 2.45) is 5.41 Å². The summed E-state index contributed by atoms with van der Waals surface area (Å²) in [6.45, 7) is 1.99. The molecule has 2 heterocycles. The molecule has 3 aromatic rings. The van der Waals surface area contributed by atoms with Crippen LogP contribution in [0.4, 0.5) is 5.95 Å². The lowest BCUT2D eigenvalue weighted by atomic mass is 9.87. The van der Waals surface area contributed by atoms with Crippen molar-refractivity contribution in [2.45, 2.75) is 38.6 Å². The Morgan fingerprint density at radius 2 is 2.26 bits per heavy atom. The van der Waals surface area contributed by atoms with Crippen molar-refractivity contribution in [3.05, 3.63) is 39.6 Å². The van der Waals surface area contributed by atoms with Crippen molar-refractivity contribution in [3.8, 4) is 11.8 Å². The van der Waals surface area contributed by atoms with E-state index in [2.05, 4.69) is 42.7 Å². The van der Waals surface area contributed by atoms with Gasteiger partial charge in [-0.05, 0) is 59.0 Å². The lowest BCUT2D eigenvalue weighted by Crippen LogP contribution is -2.35. The molecule has 1 aromatic carbocycles. The highest BCUT2D eigenvalue weighted by Crippen LogP contribution is 2.39. The summed E-state index contributed by atoms with van der Waals surface area (Å²) in [6.07, 6.45) is 4.34. The van der Waals surface area contributed by atoms with Crippen molar-refractivity contribution in [3.63, 3.8) is 0 Å². The van der Waals surface area contributed by atoms with E-state index in [1.807, 2.05) is 13.0 Å². The monoisotopic (exact) mass is 501 g/mol. The first kappa shape index (κ1) is 21.5. The molecule has 0 bridgehead atoms. The minimum Gasteiger partial charge on any atom is -0.359 e. The van der Waals surface area contributed by atoms with Crippen LogP contribution >= 0.6 is 27.5 Å². The molecule has 1 fully saturated rings. The molecule has 1 amide bonds. The number of amides is 1. The molecule has 8 nitrogen and oxygen atoms in total. The maximum atomic E-state index is 12.2. The van der Waals surface area contributed by atoms with Crippen LogP contribution in [-0.2, 0) is 11.2 Å². The van der Waals surface area contributed by atoms with Gasteiger partial charge in [0.15, 0.2) is 5.65 Å². The number of benzene rings is 1. The molecule has 2 atom stereocenters. The summed E-state index contributed by atoms with van der Waals surface area (Å²) in [4.78, 5) is 21.3. The fourth-order valence-electron chi connectivity index (χ4n) is 4.12. The summed E-state index contributed by atoms with van der Waals surface area (Å²) in [7, 11) is 1.67. The van der Waals surface area contributed by atoms with Gasteiger partial charge in [0.1, 0.15) is 4.60 Å². The van der Waals surface area contributed by atoms with Gasteiger partial charge >= 0.3 is 0 Å². The third kappa shape index (κ3) is 4.23. The number of fused-ring (bicyclic) bond motifs is 1. The van der Waals surface area contributed by atoms with E-state index < -0.39 is 0 Å². The van der Waals surface area contributed by atoms with E-state index in [1.165, 1.54) is 0 Å². The standard InChI is InChI=1S/C21H21BrClN7O/c1-21(19(31)25-2)5-3-14(10-21)27-20-26-11-16-17(22)29-30(18(16)28-20)15-8-12(4-6-24)7-13(23)9-15/h7-9,11,14H,3-5,10H2,1-2H3,(H,25,31)(H,26,27,28)/t14-,21-/m1/s1. The molecular formula is C21H21BrClN7O. The minimum atomic E-state index is -0.390. The first-order valence-corrected chi connectivity index (χ1v) is 11.1. The molecule has 0 aliphatic heterocycles. The van der Waals surface area contributed by atoms with Crippen LogP contribution in [0, 0.1) is 16.7 Å². The SMILES string of the molecule is CNC(=O)[C@]1(C)CC[C@@H](Nc2ncc3c(Br)nn(-c4cc(Cl)cc(CC#N)c4)c3n2)C1. The third-order valence-corrected chi connectivity index (χ3v) is 6.50. The summed E-state index contributed by atoms with van der Waals surface area (Å²) < 4.78 is 2.30.